The number of fused-ring (bicyclic) bond motifs is 1. The van der Waals surface area contributed by atoms with Crippen LogP contribution in [0, 0.1) is 0 Å². The first-order valence-electron chi connectivity index (χ1n) is 35.4. The molecule has 0 radical (unpaired) electrons. The van der Waals surface area contributed by atoms with E-state index in [2.05, 4.69) is 58.2 Å². The van der Waals surface area contributed by atoms with Crippen molar-refractivity contribution in [3.63, 3.8) is 0 Å². The summed E-state index contributed by atoms with van der Waals surface area (Å²) in [6.07, 6.45) is -0.509. The third kappa shape index (κ3) is 31.7. The van der Waals surface area contributed by atoms with E-state index >= 15 is 9.59 Å². The quantitative estimate of drug-likeness (QED) is 0.0185. The van der Waals surface area contributed by atoms with E-state index in [4.69, 9.17) is 51.6 Å². The van der Waals surface area contributed by atoms with Crippen LogP contribution in [0.25, 0.3) is 10.9 Å². The number of primary amides is 4. The zero-order valence-corrected chi connectivity index (χ0v) is 59.8. The largest absolute Gasteiger partial charge is 0.370 e. The second kappa shape index (κ2) is 46.9. The molecule has 1 aromatic heterocycles. The molecule has 0 fully saturated rings. The Morgan fingerprint density at radius 2 is 0.604 bits per heavy atom. The number of aromatic amines is 1. The fraction of sp³-hybridized carbons (Fsp3) is 0.507. The molecule has 11 atom stereocenters. The molecule has 14 amide bonds. The van der Waals surface area contributed by atoms with E-state index in [0.717, 1.165) is 0 Å². The first-order valence-corrected chi connectivity index (χ1v) is 35.4. The highest BCUT2D eigenvalue weighted by Gasteiger charge is 2.37. The number of carbonyl (C=O) groups excluding carboxylic acids is 15. The maximum absolute atomic E-state index is 15.2. The minimum Gasteiger partial charge on any atom is -0.370 e. The van der Waals surface area contributed by atoms with Gasteiger partial charge in [0.1, 0.15) is 54.4 Å². The fourth-order valence-corrected chi connectivity index (χ4v) is 11.3. The van der Waals surface area contributed by atoms with Crippen LogP contribution in [0.4, 0.5) is 0 Å². The normalized spacial score (nSPS) is 14.2. The molecule has 0 aliphatic carbocycles. The number of aromatic nitrogens is 1. The number of Topliss-reactive ketones (excluding diaryl/α,β-unsaturated/α-hetero) is 1. The van der Waals surface area contributed by atoms with Gasteiger partial charge in [0.15, 0.2) is 5.78 Å². The average Bonchev–Trinajstić information content (AvgIpc) is 1.54. The Kier molecular flexibility index (Phi) is 38.7. The van der Waals surface area contributed by atoms with Crippen molar-refractivity contribution in [1.29, 1.82) is 0 Å². The number of nitrogens with two attached hydrogens (primary N) is 9. The number of carbonyl (C=O) groups is 15. The lowest BCUT2D eigenvalue weighted by atomic mass is 10.0. The van der Waals surface area contributed by atoms with Crippen molar-refractivity contribution >= 4 is 99.4 Å². The minimum absolute atomic E-state index is 0.0249. The summed E-state index contributed by atoms with van der Waals surface area (Å²) >= 11 is 0. The van der Waals surface area contributed by atoms with Crippen LogP contribution in [0.5, 0.6) is 0 Å². The lowest BCUT2D eigenvalue weighted by Gasteiger charge is -2.29. The zero-order valence-electron chi connectivity index (χ0n) is 59.8. The molecule has 0 bridgehead atoms. The smallest absolute Gasteiger partial charge is 0.243 e. The summed E-state index contributed by atoms with van der Waals surface area (Å²) in [6, 6.07) is 8.35. The molecule has 35 heteroatoms. The zero-order chi connectivity index (χ0) is 78.3. The number of benzene rings is 3. The summed E-state index contributed by atoms with van der Waals surface area (Å²) in [4.78, 5) is 207. The molecule has 0 unspecified atom stereocenters. The Balaban J connectivity index is 1.71. The van der Waals surface area contributed by atoms with Crippen molar-refractivity contribution in [1.82, 2.24) is 58.2 Å². The maximum atomic E-state index is 15.2. The second-order valence-corrected chi connectivity index (χ2v) is 25.9. The SMILES string of the molecule is CC(=O)[C@H](CCC(N)=O)NC(=O)[C@H](CCC(N)=O)NC(=O)[C@H](CCCCN)NC(=O)[C@H](Cc1ccccc1)NC(=O)[C@H](CCCN)NC(=O)[C@H](Cc1c[nH]c2ccccc12)NC(=O)[C@H](CCCN)NC(=O)[C@H](Cc1ccccc1)NC(=O)[C@H](CCCN)NC(=O)[C@H](CCC(N)=O)NC(=O)[C@@H](N)CCC(N)=O. The highest BCUT2D eigenvalue weighted by molar-refractivity contribution is 6.00. The van der Waals surface area contributed by atoms with Gasteiger partial charge in [-0.3, -0.25) is 71.9 Å². The van der Waals surface area contributed by atoms with Gasteiger partial charge in [-0.05, 0) is 139 Å². The van der Waals surface area contributed by atoms with E-state index in [0.29, 0.717) is 34.0 Å². The van der Waals surface area contributed by atoms with Crippen molar-refractivity contribution in [2.45, 2.75) is 202 Å². The Morgan fingerprint density at radius 1 is 0.321 bits per heavy atom. The van der Waals surface area contributed by atoms with E-state index in [1.54, 1.807) is 91.1 Å². The Hall–Kier alpha value is -10.7. The number of H-pyrrole nitrogens is 1. The highest BCUT2D eigenvalue weighted by atomic mass is 16.2. The maximum Gasteiger partial charge on any atom is 0.243 e. The second-order valence-electron chi connectivity index (χ2n) is 25.9. The molecular weight excluding hydrogens is 1370 g/mol. The van der Waals surface area contributed by atoms with Gasteiger partial charge >= 0.3 is 0 Å². The monoisotopic (exact) mass is 1480 g/mol. The first-order chi connectivity index (χ1) is 50.6. The molecule has 29 N–H and O–H groups in total. The predicted molar refractivity (Wildman–Crippen MR) is 392 cm³/mol. The molecule has 4 rings (SSSR count). The Morgan fingerprint density at radius 3 is 0.962 bits per heavy atom. The molecule has 0 spiro atoms. The Bertz CT molecular complexity index is 3600. The molecule has 0 saturated heterocycles. The van der Waals surface area contributed by atoms with Gasteiger partial charge in [0.05, 0.1) is 12.1 Å². The van der Waals surface area contributed by atoms with Crippen LogP contribution in [0.1, 0.15) is 133 Å². The number of amides is 14. The van der Waals surface area contributed by atoms with Gasteiger partial charge in [0.25, 0.3) is 0 Å². The highest BCUT2D eigenvalue weighted by Crippen LogP contribution is 2.21. The van der Waals surface area contributed by atoms with Crippen molar-refractivity contribution in [3.05, 3.63) is 108 Å². The number of rotatable bonds is 52. The third-order valence-electron chi connectivity index (χ3n) is 17.3. The van der Waals surface area contributed by atoms with Crippen LogP contribution in [0.15, 0.2) is 91.1 Å². The van der Waals surface area contributed by atoms with E-state index in [-0.39, 0.29) is 142 Å². The van der Waals surface area contributed by atoms with Crippen LogP contribution in [-0.4, -0.2) is 186 Å². The number of nitrogens with one attached hydrogen (secondary N) is 11. The van der Waals surface area contributed by atoms with Crippen LogP contribution in [-0.2, 0) is 91.2 Å². The average molecular weight is 1480 g/mol. The molecule has 0 saturated carbocycles. The molecule has 3 aromatic carbocycles. The molecule has 0 aliphatic rings. The van der Waals surface area contributed by atoms with E-state index in [9.17, 15) is 62.3 Å². The fourth-order valence-electron chi connectivity index (χ4n) is 11.3. The van der Waals surface area contributed by atoms with Crippen LogP contribution in [0.2, 0.25) is 0 Å². The van der Waals surface area contributed by atoms with Gasteiger partial charge in [-0.1, -0.05) is 78.9 Å². The van der Waals surface area contributed by atoms with Crippen molar-refractivity contribution in [3.8, 4) is 0 Å². The summed E-state index contributed by atoms with van der Waals surface area (Å²) in [7, 11) is 0. The standard InChI is InChI=1S/C71H106N20O15/c1-41(92)47(26-30-59(78)94)82-67(102)54(28-32-61(80)96)88-63(98)49(21-10-11-33-72)85-69(104)55(37-42-15-4-2-5-16-42)90-65(100)51(23-13-35-74)87-71(106)57(39-44-40-81-48-20-9-8-19-45(44)48)91-66(101)52(24-14-36-75)86-70(105)56(38-43-17-6-3-7-18-43)89-64(99)50(22-12-34-73)84-68(103)53(27-31-60(79)95)83-62(97)46(76)25-29-58(77)93/h2-9,15-20,40,46-47,49-57,81H,10-14,21-39,72-76H2,1H3,(H2,77,93)(H2,78,94)(H2,79,95)(H2,80,96)(H,82,102)(H,83,97)(H,84,103)(H,85,104)(H,86,105)(H,87,106)(H,88,98)(H,89,99)(H,90,100)(H,91,101)/t46-,47-,49-,50-,51-,52-,53-,54-,55-,56-,57-/m0/s1. The number of hydrogen-bond acceptors (Lipinski definition) is 20. The molecule has 580 valence electrons. The number of hydrogen-bond donors (Lipinski definition) is 20. The lowest BCUT2D eigenvalue weighted by molar-refractivity contribution is -0.136. The van der Waals surface area contributed by atoms with Gasteiger partial charge in [-0.15, -0.1) is 0 Å². The first kappa shape index (κ1) is 87.7. The summed E-state index contributed by atoms with van der Waals surface area (Å²) in [5, 5.41) is 27.2. The van der Waals surface area contributed by atoms with Crippen LogP contribution in [0.3, 0.4) is 0 Å². The molecule has 4 aromatic rings. The topological polar surface area (TPSA) is 626 Å². The van der Waals surface area contributed by atoms with Gasteiger partial charge in [-0.25, -0.2) is 0 Å². The molecule has 1 heterocycles. The van der Waals surface area contributed by atoms with Crippen molar-refractivity contribution in [2.75, 3.05) is 26.2 Å². The summed E-state index contributed by atoms with van der Waals surface area (Å²) in [5.74, 6) is -12.6. The summed E-state index contributed by atoms with van der Waals surface area (Å²) in [6.45, 7) is 1.47. The van der Waals surface area contributed by atoms with Gasteiger partial charge in [0, 0.05) is 62.0 Å². The summed E-state index contributed by atoms with van der Waals surface area (Å²) in [5.41, 5.74) is 53.4. The van der Waals surface area contributed by atoms with E-state index in [1.165, 1.54) is 6.92 Å². The van der Waals surface area contributed by atoms with Gasteiger partial charge < -0.3 is 110 Å². The van der Waals surface area contributed by atoms with Crippen molar-refractivity contribution < 1.29 is 71.9 Å². The lowest BCUT2D eigenvalue weighted by Crippen LogP contribution is -2.61. The van der Waals surface area contributed by atoms with Crippen LogP contribution >= 0.6 is 0 Å². The van der Waals surface area contributed by atoms with Gasteiger partial charge in [0.2, 0.25) is 82.7 Å². The molecule has 0 aliphatic heterocycles. The predicted octanol–water partition coefficient (Wildman–Crippen LogP) is -4.63. The number of unbranched alkanes of at least 4 members (excludes halogenated alkanes) is 1. The van der Waals surface area contributed by atoms with E-state index in [1.807, 2.05) is 0 Å². The minimum atomic E-state index is -1.53. The van der Waals surface area contributed by atoms with Crippen molar-refractivity contribution in [2.24, 2.45) is 51.6 Å². The number of para-hydroxylation sites is 1. The number of ketones is 1. The molecular formula is C71H106N20O15. The third-order valence-corrected chi connectivity index (χ3v) is 17.3. The van der Waals surface area contributed by atoms with Gasteiger partial charge in [-0.2, -0.15) is 0 Å². The molecule has 35 nitrogen and oxygen atoms in total. The van der Waals surface area contributed by atoms with Crippen LogP contribution < -0.4 is 105 Å². The summed E-state index contributed by atoms with van der Waals surface area (Å²) < 4.78 is 0. The van der Waals surface area contributed by atoms with E-state index < -0.39 is 161 Å². The molecule has 106 heavy (non-hydrogen) atoms. The Labute approximate surface area is 614 Å².